The zero-order valence-electron chi connectivity index (χ0n) is 19.8. The molecule has 0 saturated carbocycles. The van der Waals surface area contributed by atoms with Gasteiger partial charge < -0.3 is 15.4 Å². The molecule has 2 saturated heterocycles. The molecule has 1 aromatic carbocycles. The fraction of sp³-hybridized carbons (Fsp3) is 0.708. The summed E-state index contributed by atoms with van der Waals surface area (Å²) in [5, 5.41) is 6.95. The lowest BCUT2D eigenvalue weighted by atomic mass is 9.99. The highest BCUT2D eigenvalue weighted by atomic mass is 127. The molecule has 0 unspecified atom stereocenters. The number of nitrogens with zero attached hydrogens (tertiary/aromatic N) is 3. The average Bonchev–Trinajstić information content (AvgIpc) is 2.77. The Morgan fingerprint density at radius 1 is 1.03 bits per heavy atom. The number of nitrogens with one attached hydrogen (secondary N) is 2. The van der Waals surface area contributed by atoms with Crippen molar-refractivity contribution in [3.05, 3.63) is 35.4 Å². The van der Waals surface area contributed by atoms with Crippen molar-refractivity contribution in [3.63, 3.8) is 0 Å². The van der Waals surface area contributed by atoms with Crippen molar-refractivity contribution in [1.82, 2.24) is 20.4 Å². The maximum atomic E-state index is 5.48. The van der Waals surface area contributed by atoms with Crippen LogP contribution in [0.4, 0.5) is 0 Å². The topological polar surface area (TPSA) is 52.1 Å². The summed E-state index contributed by atoms with van der Waals surface area (Å²) in [7, 11) is 1.83. The summed E-state index contributed by atoms with van der Waals surface area (Å²) in [6, 6.07) is 9.01. The van der Waals surface area contributed by atoms with Gasteiger partial charge in [-0.05, 0) is 56.8 Å². The molecule has 0 amide bonds. The Morgan fingerprint density at radius 2 is 1.65 bits per heavy atom. The summed E-state index contributed by atoms with van der Waals surface area (Å²) in [5.74, 6) is 1.74. The molecule has 2 fully saturated rings. The highest BCUT2D eigenvalue weighted by molar-refractivity contribution is 14.0. The number of guanidine groups is 1. The number of halogens is 1. The summed E-state index contributed by atoms with van der Waals surface area (Å²) >= 11 is 0. The molecule has 0 aromatic heterocycles. The molecule has 0 aliphatic carbocycles. The lowest BCUT2D eigenvalue weighted by molar-refractivity contribution is -0.00834. The Morgan fingerprint density at radius 3 is 2.26 bits per heavy atom. The van der Waals surface area contributed by atoms with Crippen LogP contribution in [0.25, 0.3) is 0 Å². The first-order valence-electron chi connectivity index (χ1n) is 11.5. The van der Waals surface area contributed by atoms with Crippen molar-refractivity contribution < 1.29 is 4.74 Å². The van der Waals surface area contributed by atoms with Crippen molar-refractivity contribution in [3.8, 4) is 0 Å². The molecule has 176 valence electrons. The monoisotopic (exact) mass is 543 g/mol. The number of aliphatic imine (C=N–C) groups is 1. The number of likely N-dealkylation sites (tertiary alicyclic amines) is 1. The van der Waals surface area contributed by atoms with Crippen LogP contribution in [0.2, 0.25) is 0 Å². The molecule has 3 rings (SSSR count). The largest absolute Gasteiger partial charge is 0.379 e. The van der Waals surface area contributed by atoms with Gasteiger partial charge in [0.15, 0.2) is 5.96 Å². The van der Waals surface area contributed by atoms with Crippen molar-refractivity contribution in [1.29, 1.82) is 0 Å². The first-order chi connectivity index (χ1) is 14.5. The van der Waals surface area contributed by atoms with Crippen molar-refractivity contribution >= 4 is 29.9 Å². The molecule has 2 aliphatic rings. The van der Waals surface area contributed by atoms with E-state index in [1.165, 1.54) is 37.1 Å². The first kappa shape index (κ1) is 26.4. The summed E-state index contributed by atoms with van der Waals surface area (Å²) in [4.78, 5) is 9.46. The molecule has 2 N–H and O–H groups in total. The van der Waals surface area contributed by atoms with E-state index in [0.29, 0.717) is 0 Å². The normalized spacial score (nSPS) is 19.7. The Bertz CT molecular complexity index is 665. The van der Waals surface area contributed by atoms with Crippen molar-refractivity contribution in [2.75, 3.05) is 53.0 Å². The molecule has 31 heavy (non-hydrogen) atoms. The van der Waals surface area contributed by atoms with Gasteiger partial charge in [0.1, 0.15) is 0 Å². The van der Waals surface area contributed by atoms with E-state index < -0.39 is 0 Å². The second-order valence-electron chi connectivity index (χ2n) is 9.47. The smallest absolute Gasteiger partial charge is 0.191 e. The van der Waals surface area contributed by atoms with Crippen molar-refractivity contribution in [2.24, 2.45) is 10.9 Å². The molecule has 7 heteroatoms. The molecule has 0 spiro atoms. The minimum Gasteiger partial charge on any atom is -0.379 e. The number of rotatable bonds is 7. The predicted octanol–water partition coefficient (Wildman–Crippen LogP) is 3.31. The Hall–Kier alpha value is -0.900. The van der Waals surface area contributed by atoms with Gasteiger partial charge in [-0.1, -0.05) is 31.2 Å². The van der Waals surface area contributed by atoms with Gasteiger partial charge in [0.05, 0.1) is 13.2 Å². The second kappa shape index (κ2) is 13.0. The van der Waals surface area contributed by atoms with Crippen LogP contribution >= 0.6 is 24.0 Å². The molecular formula is C24H42IN5O. The van der Waals surface area contributed by atoms with Gasteiger partial charge in [-0.25, -0.2) is 0 Å². The Labute approximate surface area is 206 Å². The van der Waals surface area contributed by atoms with E-state index in [-0.39, 0.29) is 29.5 Å². The highest BCUT2D eigenvalue weighted by Crippen LogP contribution is 2.18. The maximum absolute atomic E-state index is 5.48. The number of hydrogen-bond donors (Lipinski definition) is 2. The summed E-state index contributed by atoms with van der Waals surface area (Å²) < 4.78 is 5.48. The molecule has 0 atom stereocenters. The minimum atomic E-state index is 0. The highest BCUT2D eigenvalue weighted by Gasteiger charge is 2.28. The summed E-state index contributed by atoms with van der Waals surface area (Å²) in [6.07, 6.45) is 2.66. The van der Waals surface area contributed by atoms with E-state index in [1.807, 2.05) is 7.05 Å². The number of ether oxygens (including phenoxy) is 1. The lowest BCUT2D eigenvalue weighted by Crippen LogP contribution is -2.56. The minimum absolute atomic E-state index is 0. The van der Waals surface area contributed by atoms with Gasteiger partial charge >= 0.3 is 0 Å². The predicted molar refractivity (Wildman–Crippen MR) is 140 cm³/mol. The van der Waals surface area contributed by atoms with E-state index in [4.69, 9.17) is 4.74 Å². The maximum Gasteiger partial charge on any atom is 0.191 e. The molecule has 0 radical (unpaired) electrons. The summed E-state index contributed by atoms with van der Waals surface area (Å²) in [6.45, 7) is 15.7. The van der Waals surface area contributed by atoms with Crippen LogP contribution in [0.5, 0.6) is 0 Å². The fourth-order valence-electron chi connectivity index (χ4n) is 4.23. The van der Waals surface area contributed by atoms with Crippen LogP contribution in [0.1, 0.15) is 44.7 Å². The Balaban J connectivity index is 0.00000341. The number of benzene rings is 1. The van der Waals surface area contributed by atoms with Crippen LogP contribution in [0.15, 0.2) is 29.3 Å². The number of hydrogen-bond acceptors (Lipinski definition) is 4. The lowest BCUT2D eigenvalue weighted by Gasteiger charge is -2.41. The first-order valence-corrected chi connectivity index (χ1v) is 11.5. The van der Waals surface area contributed by atoms with Crippen LogP contribution in [0.3, 0.4) is 0 Å². The standard InChI is InChI=1S/C24H41N5O.HI/c1-20-9-11-28(12-10-20)18-22-7-5-21(6-8-22)17-26-23(25-4)27-19-24(2,3)29-13-15-30-16-14-29;/h5-8,20H,9-19H2,1-4H3,(H2,25,26,27);1H. The molecule has 6 nitrogen and oxygen atoms in total. The average molecular weight is 544 g/mol. The van der Waals surface area contributed by atoms with Gasteiger partial charge in [-0.3, -0.25) is 14.8 Å². The van der Waals surface area contributed by atoms with Crippen LogP contribution in [0, 0.1) is 5.92 Å². The summed E-state index contributed by atoms with van der Waals surface area (Å²) in [5.41, 5.74) is 2.75. The van der Waals surface area contributed by atoms with Gasteiger partial charge in [0, 0.05) is 45.3 Å². The van der Waals surface area contributed by atoms with Gasteiger partial charge in [0.25, 0.3) is 0 Å². The van der Waals surface area contributed by atoms with E-state index in [1.54, 1.807) is 0 Å². The van der Waals surface area contributed by atoms with Gasteiger partial charge in [-0.15, -0.1) is 24.0 Å². The van der Waals surface area contributed by atoms with E-state index in [9.17, 15) is 0 Å². The third-order valence-corrected chi connectivity index (χ3v) is 6.54. The molecule has 2 heterocycles. The molecule has 0 bridgehead atoms. The SMILES string of the molecule is CN=C(NCc1ccc(CN2CCC(C)CC2)cc1)NCC(C)(C)N1CCOCC1.I. The Kier molecular flexibility index (Phi) is 11.0. The quantitative estimate of drug-likeness (QED) is 0.314. The van der Waals surface area contributed by atoms with E-state index in [2.05, 4.69) is 70.5 Å². The zero-order chi connectivity index (χ0) is 21.4. The molecule has 2 aliphatic heterocycles. The van der Waals surface area contributed by atoms with Gasteiger partial charge in [-0.2, -0.15) is 0 Å². The fourth-order valence-corrected chi connectivity index (χ4v) is 4.23. The van der Waals surface area contributed by atoms with Crippen LogP contribution in [-0.4, -0.2) is 74.3 Å². The number of piperidine rings is 1. The zero-order valence-corrected chi connectivity index (χ0v) is 22.2. The van der Waals surface area contributed by atoms with Crippen molar-refractivity contribution in [2.45, 2.75) is 52.2 Å². The van der Waals surface area contributed by atoms with Crippen LogP contribution < -0.4 is 10.6 Å². The molecular weight excluding hydrogens is 501 g/mol. The third kappa shape index (κ3) is 8.51. The third-order valence-electron chi connectivity index (χ3n) is 6.54. The second-order valence-corrected chi connectivity index (χ2v) is 9.47. The van der Waals surface area contributed by atoms with Gasteiger partial charge in [0.2, 0.25) is 0 Å². The molecule has 1 aromatic rings. The number of morpholine rings is 1. The van der Waals surface area contributed by atoms with E-state index >= 15 is 0 Å². The van der Waals surface area contributed by atoms with E-state index in [0.717, 1.165) is 57.8 Å². The van der Waals surface area contributed by atoms with Crippen LogP contribution in [-0.2, 0) is 17.8 Å².